The van der Waals surface area contributed by atoms with Crippen LogP contribution in [0.3, 0.4) is 0 Å². The second-order valence-electron chi connectivity index (χ2n) is 7.21. The molecule has 1 heterocycles. The Morgan fingerprint density at radius 1 is 0.971 bits per heavy atom. The third-order valence-electron chi connectivity index (χ3n) is 5.05. The number of rotatable bonds is 11. The van der Waals surface area contributed by atoms with Gasteiger partial charge in [0, 0.05) is 16.9 Å². The fourth-order valence-electron chi connectivity index (χ4n) is 3.37. The monoisotopic (exact) mass is 503 g/mol. The van der Waals surface area contributed by atoms with Crippen molar-refractivity contribution in [2.75, 3.05) is 33.8 Å². The van der Waals surface area contributed by atoms with Crippen LogP contribution in [0.1, 0.15) is 15.9 Å². The largest absolute Gasteiger partial charge is 0.496 e. The van der Waals surface area contributed by atoms with E-state index in [2.05, 4.69) is 10.1 Å². The molecule has 0 saturated heterocycles. The zero-order valence-corrected chi connectivity index (χ0v) is 20.6. The minimum Gasteiger partial charge on any atom is -0.496 e. The SMILES string of the molecule is COC(=O)CNCS(=O)(=O)c1ccc(CC(=O)c2c(OC)ccc(-c3cccs3)c2OC)cc1. The van der Waals surface area contributed by atoms with Crippen LogP contribution >= 0.6 is 11.3 Å². The lowest BCUT2D eigenvalue weighted by molar-refractivity contribution is -0.139. The number of carbonyl (C=O) groups excluding carboxylic acids is 2. The van der Waals surface area contributed by atoms with Crippen molar-refractivity contribution in [3.63, 3.8) is 0 Å². The first-order chi connectivity index (χ1) is 16.3. The van der Waals surface area contributed by atoms with E-state index in [4.69, 9.17) is 9.47 Å². The smallest absolute Gasteiger partial charge is 0.319 e. The van der Waals surface area contributed by atoms with Gasteiger partial charge in [-0.1, -0.05) is 18.2 Å². The van der Waals surface area contributed by atoms with Gasteiger partial charge >= 0.3 is 5.97 Å². The van der Waals surface area contributed by atoms with Gasteiger partial charge in [-0.3, -0.25) is 14.9 Å². The maximum Gasteiger partial charge on any atom is 0.319 e. The first-order valence-corrected chi connectivity index (χ1v) is 12.7. The summed E-state index contributed by atoms with van der Waals surface area (Å²) in [5.41, 5.74) is 1.76. The lowest BCUT2D eigenvalue weighted by Gasteiger charge is -2.16. The Bertz CT molecular complexity index is 1250. The van der Waals surface area contributed by atoms with Gasteiger partial charge in [-0.25, -0.2) is 8.42 Å². The molecule has 2 aromatic carbocycles. The predicted molar refractivity (Wildman–Crippen MR) is 129 cm³/mol. The predicted octanol–water partition coefficient (Wildman–Crippen LogP) is 3.35. The van der Waals surface area contributed by atoms with Crippen LogP contribution in [0.5, 0.6) is 11.5 Å². The molecular weight excluding hydrogens is 478 g/mol. The van der Waals surface area contributed by atoms with Gasteiger partial charge in [-0.2, -0.15) is 0 Å². The van der Waals surface area contributed by atoms with Crippen molar-refractivity contribution in [1.82, 2.24) is 5.32 Å². The molecule has 0 spiro atoms. The third-order valence-corrected chi connectivity index (χ3v) is 7.52. The third kappa shape index (κ3) is 5.82. The molecule has 0 aliphatic rings. The second kappa shape index (κ2) is 11.3. The van der Waals surface area contributed by atoms with Crippen LogP contribution in [-0.4, -0.2) is 53.9 Å². The minimum absolute atomic E-state index is 0.0293. The van der Waals surface area contributed by atoms with Gasteiger partial charge in [0.2, 0.25) is 0 Å². The number of nitrogens with one attached hydrogen (secondary N) is 1. The molecule has 0 bridgehead atoms. The first kappa shape index (κ1) is 25.4. The summed E-state index contributed by atoms with van der Waals surface area (Å²) in [7, 11) is 0.569. The Labute approximate surface area is 202 Å². The molecule has 1 aromatic heterocycles. The van der Waals surface area contributed by atoms with E-state index in [0.29, 0.717) is 22.6 Å². The summed E-state index contributed by atoms with van der Waals surface area (Å²) in [5.74, 6) is -0.356. The minimum atomic E-state index is -3.66. The molecule has 8 nitrogen and oxygen atoms in total. The van der Waals surface area contributed by atoms with Crippen molar-refractivity contribution < 1.29 is 32.2 Å². The number of esters is 1. The number of Topliss-reactive ketones (excluding diaryl/α,β-unsaturated/α-hetero) is 1. The molecule has 1 N–H and O–H groups in total. The summed E-state index contributed by atoms with van der Waals surface area (Å²) in [6.07, 6.45) is 0.0293. The molecule has 0 saturated carbocycles. The van der Waals surface area contributed by atoms with E-state index in [-0.39, 0.29) is 23.6 Å². The van der Waals surface area contributed by atoms with Crippen LogP contribution in [0, 0.1) is 0 Å². The van der Waals surface area contributed by atoms with Crippen LogP contribution in [0.2, 0.25) is 0 Å². The number of hydrogen-bond donors (Lipinski definition) is 1. The van der Waals surface area contributed by atoms with Crippen molar-refractivity contribution >= 4 is 32.9 Å². The molecule has 0 amide bonds. The van der Waals surface area contributed by atoms with Crippen molar-refractivity contribution in [1.29, 1.82) is 0 Å². The van der Waals surface area contributed by atoms with Crippen LogP contribution < -0.4 is 14.8 Å². The molecule has 34 heavy (non-hydrogen) atoms. The lowest BCUT2D eigenvalue weighted by atomic mass is 9.98. The summed E-state index contributed by atoms with van der Waals surface area (Å²) < 4.78 is 40.4. The molecule has 0 atom stereocenters. The molecular formula is C24H25NO7S2. The number of methoxy groups -OCH3 is 3. The van der Waals surface area contributed by atoms with Gasteiger partial charge in [0.1, 0.15) is 22.9 Å². The number of thiophene rings is 1. The Morgan fingerprint density at radius 2 is 1.71 bits per heavy atom. The number of benzene rings is 2. The highest BCUT2D eigenvalue weighted by atomic mass is 32.2. The van der Waals surface area contributed by atoms with Gasteiger partial charge in [-0.15, -0.1) is 11.3 Å². The normalized spacial score (nSPS) is 11.1. The highest BCUT2D eigenvalue weighted by molar-refractivity contribution is 7.91. The highest BCUT2D eigenvalue weighted by Gasteiger charge is 2.23. The van der Waals surface area contributed by atoms with E-state index in [0.717, 1.165) is 10.4 Å². The van der Waals surface area contributed by atoms with Crippen molar-refractivity contribution in [2.24, 2.45) is 0 Å². The Hall–Kier alpha value is -3.21. The van der Waals surface area contributed by atoms with Crippen molar-refractivity contribution in [3.8, 4) is 21.9 Å². The average Bonchev–Trinajstić information content (AvgIpc) is 3.37. The topological polar surface area (TPSA) is 108 Å². The number of ether oxygens (including phenoxy) is 3. The Morgan fingerprint density at radius 3 is 2.29 bits per heavy atom. The van der Waals surface area contributed by atoms with E-state index >= 15 is 0 Å². The standard InChI is InChI=1S/C24H25NO7S2/c1-30-20-11-10-18(21-5-4-12-33-21)24(32-3)23(20)19(26)13-16-6-8-17(9-7-16)34(28,29)15-25-14-22(27)31-2/h4-12,25H,13-15H2,1-3H3. The summed E-state index contributed by atoms with van der Waals surface area (Å²) >= 11 is 1.54. The number of sulfone groups is 1. The van der Waals surface area contributed by atoms with Crippen LogP contribution in [0.25, 0.3) is 10.4 Å². The molecule has 0 fully saturated rings. The molecule has 0 unspecified atom stereocenters. The van der Waals surface area contributed by atoms with Gasteiger partial charge in [-0.05, 0) is 41.3 Å². The zero-order valence-electron chi connectivity index (χ0n) is 19.0. The van der Waals surface area contributed by atoms with Gasteiger partial charge < -0.3 is 14.2 Å². The second-order valence-corrected chi connectivity index (χ2v) is 10.1. The average molecular weight is 504 g/mol. The van der Waals surface area contributed by atoms with Crippen LogP contribution in [0.4, 0.5) is 0 Å². The zero-order chi connectivity index (χ0) is 24.7. The Kier molecular flexibility index (Phi) is 8.43. The van der Waals surface area contributed by atoms with Gasteiger partial charge in [0.05, 0.1) is 32.8 Å². The van der Waals surface area contributed by atoms with Gasteiger partial charge in [0.15, 0.2) is 15.6 Å². The highest BCUT2D eigenvalue weighted by Crippen LogP contribution is 2.40. The molecule has 180 valence electrons. The van der Waals surface area contributed by atoms with E-state index < -0.39 is 21.7 Å². The van der Waals surface area contributed by atoms with Crippen LogP contribution in [-0.2, 0) is 25.8 Å². The summed E-state index contributed by atoms with van der Waals surface area (Å²) in [4.78, 5) is 25.5. The molecule has 3 rings (SSSR count). The quantitative estimate of drug-likeness (QED) is 0.314. The van der Waals surface area contributed by atoms with Crippen LogP contribution in [0.15, 0.2) is 58.8 Å². The number of carbonyl (C=O) groups is 2. The fraction of sp³-hybridized carbons (Fsp3) is 0.250. The first-order valence-electron chi connectivity index (χ1n) is 10.2. The summed E-state index contributed by atoms with van der Waals surface area (Å²) in [6, 6.07) is 13.5. The maximum absolute atomic E-state index is 13.3. The summed E-state index contributed by atoms with van der Waals surface area (Å²) in [6.45, 7) is -0.212. The molecule has 0 aliphatic carbocycles. The molecule has 10 heteroatoms. The fourth-order valence-corrected chi connectivity index (χ4v) is 5.20. The maximum atomic E-state index is 13.3. The molecule has 0 aliphatic heterocycles. The Balaban J connectivity index is 1.81. The van der Waals surface area contributed by atoms with Crippen molar-refractivity contribution in [2.45, 2.75) is 11.3 Å². The summed E-state index contributed by atoms with van der Waals surface area (Å²) in [5, 5.41) is 4.49. The number of ketones is 1. The molecule has 3 aromatic rings. The van der Waals surface area contributed by atoms with E-state index in [9.17, 15) is 18.0 Å². The number of hydrogen-bond acceptors (Lipinski definition) is 9. The van der Waals surface area contributed by atoms with E-state index in [1.807, 2.05) is 23.6 Å². The van der Waals surface area contributed by atoms with Crippen molar-refractivity contribution in [3.05, 3.63) is 65.0 Å². The van der Waals surface area contributed by atoms with E-state index in [1.165, 1.54) is 44.8 Å². The lowest BCUT2D eigenvalue weighted by Crippen LogP contribution is -2.29. The van der Waals surface area contributed by atoms with Gasteiger partial charge in [0.25, 0.3) is 0 Å². The van der Waals surface area contributed by atoms with E-state index in [1.54, 1.807) is 18.2 Å². The molecule has 0 radical (unpaired) electrons.